The van der Waals surface area contributed by atoms with Crippen molar-refractivity contribution in [1.29, 1.82) is 0 Å². The van der Waals surface area contributed by atoms with Crippen molar-refractivity contribution in [1.82, 2.24) is 5.32 Å². The molecule has 0 bridgehead atoms. The second-order valence-electron chi connectivity index (χ2n) is 3.97. The van der Waals surface area contributed by atoms with Crippen LogP contribution >= 0.6 is 0 Å². The highest BCUT2D eigenvalue weighted by molar-refractivity contribution is 5.58. The summed E-state index contributed by atoms with van der Waals surface area (Å²) in [5.41, 5.74) is 1.20. The third-order valence-electron chi connectivity index (χ3n) is 2.79. The van der Waals surface area contributed by atoms with Gasteiger partial charge in [-0.2, -0.15) is 0 Å². The molecule has 0 radical (unpaired) electrons. The van der Waals surface area contributed by atoms with E-state index in [4.69, 9.17) is 4.74 Å². The fourth-order valence-corrected chi connectivity index (χ4v) is 2.04. The molecule has 1 aliphatic rings. The summed E-state index contributed by atoms with van der Waals surface area (Å²) in [5.74, 6) is 0.964. The molecule has 0 amide bonds. The van der Waals surface area contributed by atoms with Crippen LogP contribution in [0.4, 0.5) is 5.69 Å². The Morgan fingerprint density at radius 2 is 2.20 bits per heavy atom. The maximum Gasteiger partial charge on any atom is 0.142 e. The number of nitrogens with zero attached hydrogens (tertiary/aromatic N) is 1. The van der Waals surface area contributed by atoms with Crippen LogP contribution in [0.1, 0.15) is 6.92 Å². The molecule has 1 N–H and O–H groups in total. The van der Waals surface area contributed by atoms with Gasteiger partial charge in [0.1, 0.15) is 5.75 Å². The Morgan fingerprint density at radius 3 is 2.93 bits per heavy atom. The van der Waals surface area contributed by atoms with E-state index in [0.717, 1.165) is 25.4 Å². The molecule has 1 fully saturated rings. The van der Waals surface area contributed by atoms with Crippen LogP contribution in [0.2, 0.25) is 0 Å². The monoisotopic (exact) mass is 206 g/mol. The van der Waals surface area contributed by atoms with Crippen molar-refractivity contribution in [3.8, 4) is 5.75 Å². The minimum Gasteiger partial charge on any atom is -0.495 e. The Balaban J connectivity index is 2.20. The molecular formula is C12H18N2O. The van der Waals surface area contributed by atoms with Gasteiger partial charge in [0.15, 0.2) is 0 Å². The molecule has 3 heteroatoms. The molecule has 1 aliphatic heterocycles. The Labute approximate surface area is 91.0 Å². The third kappa shape index (κ3) is 2.23. The Kier molecular flexibility index (Phi) is 3.11. The summed E-state index contributed by atoms with van der Waals surface area (Å²) < 4.78 is 5.37. The minimum absolute atomic E-state index is 0.545. The molecule has 1 saturated heterocycles. The number of piperazine rings is 1. The second-order valence-corrected chi connectivity index (χ2v) is 3.97. The molecule has 3 nitrogen and oxygen atoms in total. The lowest BCUT2D eigenvalue weighted by molar-refractivity contribution is 0.410. The highest BCUT2D eigenvalue weighted by atomic mass is 16.5. The van der Waals surface area contributed by atoms with E-state index in [1.165, 1.54) is 5.69 Å². The maximum absolute atomic E-state index is 5.37. The van der Waals surface area contributed by atoms with Gasteiger partial charge in [0.05, 0.1) is 12.8 Å². The van der Waals surface area contributed by atoms with E-state index < -0.39 is 0 Å². The van der Waals surface area contributed by atoms with E-state index in [2.05, 4.69) is 29.3 Å². The zero-order chi connectivity index (χ0) is 10.7. The van der Waals surface area contributed by atoms with Crippen LogP contribution in [-0.2, 0) is 0 Å². The van der Waals surface area contributed by atoms with Crippen molar-refractivity contribution in [2.45, 2.75) is 13.0 Å². The quantitative estimate of drug-likeness (QED) is 0.793. The van der Waals surface area contributed by atoms with Crippen molar-refractivity contribution in [3.05, 3.63) is 24.3 Å². The number of methoxy groups -OCH3 is 1. The van der Waals surface area contributed by atoms with Crippen molar-refractivity contribution >= 4 is 5.69 Å². The number of rotatable bonds is 2. The van der Waals surface area contributed by atoms with E-state index in [1.54, 1.807) is 7.11 Å². The van der Waals surface area contributed by atoms with Gasteiger partial charge in [-0.25, -0.2) is 0 Å². The average Bonchev–Trinajstić information content (AvgIpc) is 2.29. The van der Waals surface area contributed by atoms with E-state index in [1.807, 2.05) is 12.1 Å². The van der Waals surface area contributed by atoms with Gasteiger partial charge in [0, 0.05) is 25.7 Å². The predicted molar refractivity (Wildman–Crippen MR) is 62.7 cm³/mol. The largest absolute Gasteiger partial charge is 0.495 e. The second kappa shape index (κ2) is 4.53. The lowest BCUT2D eigenvalue weighted by atomic mass is 10.2. The molecule has 1 aromatic rings. The van der Waals surface area contributed by atoms with Crippen LogP contribution in [0.3, 0.4) is 0 Å². The van der Waals surface area contributed by atoms with E-state index in [9.17, 15) is 0 Å². The molecule has 1 aromatic carbocycles. The van der Waals surface area contributed by atoms with Crippen molar-refractivity contribution < 1.29 is 4.74 Å². The van der Waals surface area contributed by atoms with Crippen molar-refractivity contribution in [2.75, 3.05) is 31.6 Å². The van der Waals surface area contributed by atoms with Crippen molar-refractivity contribution in [3.63, 3.8) is 0 Å². The number of nitrogens with one attached hydrogen (secondary N) is 1. The summed E-state index contributed by atoms with van der Waals surface area (Å²) in [6, 6.07) is 8.75. The molecule has 0 aliphatic carbocycles. The first-order valence-corrected chi connectivity index (χ1v) is 5.42. The normalized spacial score (nSPS) is 21.5. The van der Waals surface area contributed by atoms with Gasteiger partial charge in [0.25, 0.3) is 0 Å². The molecule has 1 atom stereocenters. The highest BCUT2D eigenvalue weighted by Crippen LogP contribution is 2.28. The van der Waals surface area contributed by atoms with Gasteiger partial charge in [0.2, 0.25) is 0 Å². The zero-order valence-corrected chi connectivity index (χ0v) is 9.36. The summed E-state index contributed by atoms with van der Waals surface area (Å²) in [5, 5.41) is 3.44. The van der Waals surface area contributed by atoms with Crippen LogP contribution in [0, 0.1) is 0 Å². The summed E-state index contributed by atoms with van der Waals surface area (Å²) >= 11 is 0. The molecule has 15 heavy (non-hydrogen) atoms. The number of hydrogen-bond donors (Lipinski definition) is 1. The Hall–Kier alpha value is -1.22. The maximum atomic E-state index is 5.37. The lowest BCUT2D eigenvalue weighted by Crippen LogP contribution is -2.49. The molecule has 0 spiro atoms. The average molecular weight is 206 g/mol. The molecule has 0 aromatic heterocycles. The van der Waals surface area contributed by atoms with Crippen LogP contribution in [0.15, 0.2) is 24.3 Å². The van der Waals surface area contributed by atoms with Crippen LogP contribution in [0.25, 0.3) is 0 Å². The molecule has 1 heterocycles. The Morgan fingerprint density at radius 1 is 1.40 bits per heavy atom. The molecule has 0 saturated carbocycles. The fraction of sp³-hybridized carbons (Fsp3) is 0.500. The number of benzene rings is 1. The van der Waals surface area contributed by atoms with Crippen LogP contribution in [-0.4, -0.2) is 32.8 Å². The van der Waals surface area contributed by atoms with Gasteiger partial charge in [-0.05, 0) is 19.1 Å². The molecule has 1 unspecified atom stereocenters. The topological polar surface area (TPSA) is 24.5 Å². The standard InChI is InChI=1S/C12H18N2O/c1-10-9-14(8-7-13-10)11-5-3-4-6-12(11)15-2/h3-6,10,13H,7-9H2,1-2H3. The van der Waals surface area contributed by atoms with Gasteiger partial charge in [-0.15, -0.1) is 0 Å². The third-order valence-corrected chi connectivity index (χ3v) is 2.79. The smallest absolute Gasteiger partial charge is 0.142 e. The minimum atomic E-state index is 0.545. The van der Waals surface area contributed by atoms with Crippen LogP contribution in [0.5, 0.6) is 5.75 Å². The summed E-state index contributed by atoms with van der Waals surface area (Å²) in [6.07, 6.45) is 0. The zero-order valence-electron chi connectivity index (χ0n) is 9.36. The van der Waals surface area contributed by atoms with E-state index in [0.29, 0.717) is 6.04 Å². The van der Waals surface area contributed by atoms with Crippen LogP contribution < -0.4 is 15.0 Å². The first-order valence-electron chi connectivity index (χ1n) is 5.42. The molecule has 2 rings (SSSR count). The first-order chi connectivity index (χ1) is 7.31. The fourth-order valence-electron chi connectivity index (χ4n) is 2.04. The number of hydrogen-bond acceptors (Lipinski definition) is 3. The van der Waals surface area contributed by atoms with Gasteiger partial charge in [-0.3, -0.25) is 0 Å². The summed E-state index contributed by atoms with van der Waals surface area (Å²) in [7, 11) is 1.73. The van der Waals surface area contributed by atoms with E-state index >= 15 is 0 Å². The Bertz CT molecular complexity index is 327. The number of ether oxygens (including phenoxy) is 1. The first kappa shape index (κ1) is 10.3. The molecular weight excluding hydrogens is 188 g/mol. The van der Waals surface area contributed by atoms with Gasteiger partial charge in [-0.1, -0.05) is 12.1 Å². The van der Waals surface area contributed by atoms with Gasteiger partial charge >= 0.3 is 0 Å². The van der Waals surface area contributed by atoms with Crippen molar-refractivity contribution in [2.24, 2.45) is 0 Å². The summed E-state index contributed by atoms with van der Waals surface area (Å²) in [6.45, 7) is 5.34. The van der Waals surface area contributed by atoms with E-state index in [-0.39, 0.29) is 0 Å². The number of para-hydroxylation sites is 2. The highest BCUT2D eigenvalue weighted by Gasteiger charge is 2.18. The molecule has 82 valence electrons. The lowest BCUT2D eigenvalue weighted by Gasteiger charge is -2.34. The van der Waals surface area contributed by atoms with Gasteiger partial charge < -0.3 is 15.0 Å². The summed E-state index contributed by atoms with van der Waals surface area (Å²) in [4.78, 5) is 2.38. The predicted octanol–water partition coefficient (Wildman–Crippen LogP) is 1.49. The SMILES string of the molecule is COc1ccccc1N1CCNC(C)C1. The number of anilines is 1.